The molecule has 0 aliphatic carbocycles. The molecule has 1 heterocycles. The van der Waals surface area contributed by atoms with Gasteiger partial charge in [-0.15, -0.1) is 0 Å². The summed E-state index contributed by atoms with van der Waals surface area (Å²) < 4.78 is 5.11. The molecule has 3 aromatic rings. The molecule has 0 unspecified atom stereocenters. The van der Waals surface area contributed by atoms with E-state index in [4.69, 9.17) is 4.52 Å². The Kier molecular flexibility index (Phi) is 3.93. The first-order chi connectivity index (χ1) is 11.0. The van der Waals surface area contributed by atoms with Crippen molar-refractivity contribution < 1.29 is 9.32 Å². The van der Waals surface area contributed by atoms with Gasteiger partial charge in [-0.25, -0.2) is 0 Å². The van der Waals surface area contributed by atoms with Crippen LogP contribution in [0.2, 0.25) is 0 Å². The maximum atomic E-state index is 12.3. The Hall–Kier alpha value is -2.95. The van der Waals surface area contributed by atoms with Gasteiger partial charge in [0.1, 0.15) is 0 Å². The highest BCUT2D eigenvalue weighted by atomic mass is 16.5. The highest BCUT2D eigenvalue weighted by Crippen LogP contribution is 2.19. The number of aryl methyl sites for hydroxylation is 3. The van der Waals surface area contributed by atoms with Gasteiger partial charge < -0.3 is 9.84 Å². The smallest absolute Gasteiger partial charge is 0.257 e. The van der Waals surface area contributed by atoms with Crippen molar-refractivity contribution in [3.05, 3.63) is 65.0 Å². The molecule has 0 bridgehead atoms. The van der Waals surface area contributed by atoms with Crippen LogP contribution in [0.4, 0.5) is 5.69 Å². The normalized spacial score (nSPS) is 10.6. The number of amides is 1. The van der Waals surface area contributed by atoms with Crippen LogP contribution in [0.1, 0.15) is 27.3 Å². The molecule has 23 heavy (non-hydrogen) atoms. The number of benzene rings is 2. The third-order valence-electron chi connectivity index (χ3n) is 3.69. The zero-order chi connectivity index (χ0) is 16.4. The van der Waals surface area contributed by atoms with Crippen molar-refractivity contribution in [2.75, 3.05) is 5.32 Å². The van der Waals surface area contributed by atoms with E-state index in [2.05, 4.69) is 15.5 Å². The highest BCUT2D eigenvalue weighted by Gasteiger charge is 2.10. The number of nitrogens with one attached hydrogen (secondary N) is 1. The molecule has 5 heteroatoms. The second kappa shape index (κ2) is 6.04. The molecule has 0 saturated carbocycles. The van der Waals surface area contributed by atoms with E-state index in [9.17, 15) is 4.79 Å². The van der Waals surface area contributed by atoms with Crippen LogP contribution in [0.3, 0.4) is 0 Å². The summed E-state index contributed by atoms with van der Waals surface area (Å²) in [4.78, 5) is 16.5. The lowest BCUT2D eigenvalue weighted by atomic mass is 10.1. The van der Waals surface area contributed by atoms with E-state index in [1.807, 2.05) is 32.0 Å². The van der Waals surface area contributed by atoms with Crippen molar-refractivity contribution in [1.29, 1.82) is 0 Å². The molecule has 1 aromatic heterocycles. The maximum absolute atomic E-state index is 12.3. The van der Waals surface area contributed by atoms with Crippen molar-refractivity contribution in [3.8, 4) is 11.5 Å². The van der Waals surface area contributed by atoms with Gasteiger partial charge in [0, 0.05) is 16.8 Å². The van der Waals surface area contributed by atoms with E-state index in [-0.39, 0.29) is 5.91 Å². The van der Waals surface area contributed by atoms with Crippen LogP contribution in [0, 0.1) is 20.8 Å². The van der Waals surface area contributed by atoms with Crippen molar-refractivity contribution >= 4 is 11.6 Å². The van der Waals surface area contributed by atoms with E-state index in [1.54, 1.807) is 31.2 Å². The van der Waals surface area contributed by atoms with Crippen LogP contribution in [0.15, 0.2) is 47.0 Å². The second-order valence-electron chi connectivity index (χ2n) is 5.48. The van der Waals surface area contributed by atoms with Gasteiger partial charge in [0.2, 0.25) is 0 Å². The molecule has 0 fully saturated rings. The van der Waals surface area contributed by atoms with Crippen molar-refractivity contribution in [2.24, 2.45) is 0 Å². The Bertz CT molecular complexity index is 851. The Morgan fingerprint density at radius 3 is 2.35 bits per heavy atom. The number of carbonyl (C=O) groups is 1. The van der Waals surface area contributed by atoms with Gasteiger partial charge in [-0.05, 0) is 68.3 Å². The van der Waals surface area contributed by atoms with Crippen molar-refractivity contribution in [2.45, 2.75) is 20.8 Å². The van der Waals surface area contributed by atoms with Crippen LogP contribution >= 0.6 is 0 Å². The first-order valence-electron chi connectivity index (χ1n) is 7.32. The Balaban J connectivity index is 1.76. The first-order valence-corrected chi connectivity index (χ1v) is 7.32. The van der Waals surface area contributed by atoms with Gasteiger partial charge in [-0.1, -0.05) is 11.2 Å². The molecule has 5 nitrogen and oxygen atoms in total. The molecule has 1 amide bonds. The second-order valence-corrected chi connectivity index (χ2v) is 5.48. The van der Waals surface area contributed by atoms with Crippen LogP contribution in [0.5, 0.6) is 0 Å². The average Bonchev–Trinajstić information content (AvgIpc) is 2.97. The maximum Gasteiger partial charge on any atom is 0.257 e. The summed E-state index contributed by atoms with van der Waals surface area (Å²) in [6, 6.07) is 12.9. The summed E-state index contributed by atoms with van der Waals surface area (Å²) in [6.07, 6.45) is 0. The zero-order valence-corrected chi connectivity index (χ0v) is 13.3. The lowest BCUT2D eigenvalue weighted by molar-refractivity contribution is 0.102. The SMILES string of the molecule is Cc1noc(-c2ccc(C(=O)Nc3ccc(C)c(C)c3)cc2)n1. The predicted molar refractivity (Wildman–Crippen MR) is 88.3 cm³/mol. The topological polar surface area (TPSA) is 68.0 Å². The van der Waals surface area contributed by atoms with Crippen molar-refractivity contribution in [1.82, 2.24) is 10.1 Å². The summed E-state index contributed by atoms with van der Waals surface area (Å²) in [6.45, 7) is 5.82. The summed E-state index contributed by atoms with van der Waals surface area (Å²) in [7, 11) is 0. The van der Waals surface area contributed by atoms with Crippen LogP contribution < -0.4 is 5.32 Å². The lowest BCUT2D eigenvalue weighted by Crippen LogP contribution is -2.11. The quantitative estimate of drug-likeness (QED) is 0.796. The highest BCUT2D eigenvalue weighted by molar-refractivity contribution is 6.04. The molecule has 3 rings (SSSR count). The third-order valence-corrected chi connectivity index (χ3v) is 3.69. The monoisotopic (exact) mass is 307 g/mol. The van der Waals surface area contributed by atoms with E-state index in [0.29, 0.717) is 17.3 Å². The van der Waals surface area contributed by atoms with Gasteiger partial charge in [-0.3, -0.25) is 4.79 Å². The number of hydrogen-bond acceptors (Lipinski definition) is 4. The number of rotatable bonds is 3. The van der Waals surface area contributed by atoms with Gasteiger partial charge >= 0.3 is 0 Å². The standard InChI is InChI=1S/C18H17N3O2/c1-11-4-9-16(10-12(11)2)20-17(22)14-5-7-15(8-6-14)18-19-13(3)21-23-18/h4-10H,1-3H3,(H,20,22). The number of hydrogen-bond donors (Lipinski definition) is 1. The van der Waals surface area contributed by atoms with E-state index in [0.717, 1.165) is 16.8 Å². The molecule has 116 valence electrons. The molecule has 0 aliphatic heterocycles. The minimum absolute atomic E-state index is 0.151. The number of nitrogens with zero attached hydrogens (tertiary/aromatic N) is 2. The number of aromatic nitrogens is 2. The van der Waals surface area contributed by atoms with Gasteiger partial charge in [0.05, 0.1) is 0 Å². The van der Waals surface area contributed by atoms with Crippen LogP contribution in [-0.2, 0) is 0 Å². The molecule has 1 N–H and O–H groups in total. The third kappa shape index (κ3) is 3.29. The largest absolute Gasteiger partial charge is 0.334 e. The minimum Gasteiger partial charge on any atom is -0.334 e. The van der Waals surface area contributed by atoms with E-state index in [1.165, 1.54) is 5.56 Å². The number of carbonyl (C=O) groups excluding carboxylic acids is 1. The fourth-order valence-corrected chi connectivity index (χ4v) is 2.20. The molecule has 0 saturated heterocycles. The van der Waals surface area contributed by atoms with Gasteiger partial charge in [-0.2, -0.15) is 4.98 Å². The van der Waals surface area contributed by atoms with Gasteiger partial charge in [0.25, 0.3) is 11.8 Å². The summed E-state index contributed by atoms with van der Waals surface area (Å²) in [5.41, 5.74) is 4.48. The summed E-state index contributed by atoms with van der Waals surface area (Å²) in [5.74, 6) is 0.877. The zero-order valence-electron chi connectivity index (χ0n) is 13.3. The summed E-state index contributed by atoms with van der Waals surface area (Å²) >= 11 is 0. The molecule has 0 radical (unpaired) electrons. The van der Waals surface area contributed by atoms with E-state index < -0.39 is 0 Å². The Morgan fingerprint density at radius 1 is 1.00 bits per heavy atom. The molecule has 0 aliphatic rings. The molecule has 2 aromatic carbocycles. The van der Waals surface area contributed by atoms with Crippen molar-refractivity contribution in [3.63, 3.8) is 0 Å². The Morgan fingerprint density at radius 2 is 1.74 bits per heavy atom. The fraction of sp³-hybridized carbons (Fsp3) is 0.167. The first kappa shape index (κ1) is 15.0. The fourth-order valence-electron chi connectivity index (χ4n) is 2.20. The lowest BCUT2D eigenvalue weighted by Gasteiger charge is -2.08. The van der Waals surface area contributed by atoms with Crippen LogP contribution in [-0.4, -0.2) is 16.0 Å². The predicted octanol–water partition coefficient (Wildman–Crippen LogP) is 3.91. The molecule has 0 spiro atoms. The summed E-state index contributed by atoms with van der Waals surface area (Å²) in [5, 5.41) is 6.66. The molecular formula is C18H17N3O2. The molecule has 0 atom stereocenters. The Labute approximate surface area is 134 Å². The van der Waals surface area contributed by atoms with E-state index >= 15 is 0 Å². The van der Waals surface area contributed by atoms with Crippen LogP contribution in [0.25, 0.3) is 11.5 Å². The average molecular weight is 307 g/mol. The molecular weight excluding hydrogens is 290 g/mol. The minimum atomic E-state index is -0.151. The number of anilines is 1. The van der Waals surface area contributed by atoms with Gasteiger partial charge in [0.15, 0.2) is 5.82 Å².